The van der Waals surface area contributed by atoms with Crippen molar-refractivity contribution in [2.45, 2.75) is 36.6 Å². The lowest BCUT2D eigenvalue weighted by molar-refractivity contribution is -0.148. The molecule has 1 N–H and O–H groups in total. The zero-order valence-electron chi connectivity index (χ0n) is 12.7. The largest absolute Gasteiger partial charge is 0.497 e. The van der Waals surface area contributed by atoms with Gasteiger partial charge < -0.3 is 14.7 Å². The van der Waals surface area contributed by atoms with E-state index in [2.05, 4.69) is 0 Å². The Hall–Kier alpha value is -1.69. The summed E-state index contributed by atoms with van der Waals surface area (Å²) < 4.78 is 5.17. The second-order valence-electron chi connectivity index (χ2n) is 5.21. The Morgan fingerprint density at radius 2 is 2.27 bits per heavy atom. The van der Waals surface area contributed by atoms with Crippen LogP contribution in [0.4, 0.5) is 0 Å². The Balaban J connectivity index is 1.74. The third-order valence-electron chi connectivity index (χ3n) is 3.70. The summed E-state index contributed by atoms with van der Waals surface area (Å²) in [5.74, 6) is 0.708. The number of aliphatic carboxylic acids is 1. The lowest BCUT2D eigenvalue weighted by Crippen LogP contribution is -2.40. The van der Waals surface area contributed by atoms with Crippen LogP contribution in [0.25, 0.3) is 0 Å². The summed E-state index contributed by atoms with van der Waals surface area (Å²) in [6.07, 6.45) is 2.49. The number of hydrogen-bond donors (Lipinski definition) is 1. The van der Waals surface area contributed by atoms with Gasteiger partial charge in [-0.15, -0.1) is 11.8 Å². The molecule has 1 fully saturated rings. The molecule has 1 aromatic rings. The summed E-state index contributed by atoms with van der Waals surface area (Å²) in [5, 5.41) is 9.09. The van der Waals surface area contributed by atoms with E-state index in [0.29, 0.717) is 19.4 Å². The Kier molecular flexibility index (Phi) is 6.12. The van der Waals surface area contributed by atoms with Crippen molar-refractivity contribution in [2.24, 2.45) is 0 Å². The van der Waals surface area contributed by atoms with Crippen LogP contribution in [0.2, 0.25) is 0 Å². The minimum absolute atomic E-state index is 0.0452. The number of hydrogen-bond acceptors (Lipinski definition) is 4. The molecule has 22 heavy (non-hydrogen) atoms. The maximum absolute atomic E-state index is 12.1. The van der Waals surface area contributed by atoms with Gasteiger partial charge in [-0.3, -0.25) is 4.79 Å². The van der Waals surface area contributed by atoms with Crippen molar-refractivity contribution in [2.75, 3.05) is 19.4 Å². The van der Waals surface area contributed by atoms with Gasteiger partial charge >= 0.3 is 5.97 Å². The van der Waals surface area contributed by atoms with E-state index in [1.165, 1.54) is 4.90 Å². The van der Waals surface area contributed by atoms with Crippen molar-refractivity contribution in [1.82, 2.24) is 4.90 Å². The minimum atomic E-state index is -0.892. The van der Waals surface area contributed by atoms with Gasteiger partial charge in [0.1, 0.15) is 11.8 Å². The summed E-state index contributed by atoms with van der Waals surface area (Å²) in [5.41, 5.74) is 0. The molecule has 120 valence electrons. The molecule has 1 atom stereocenters. The van der Waals surface area contributed by atoms with Gasteiger partial charge in [0.25, 0.3) is 0 Å². The number of carboxylic acids is 1. The van der Waals surface area contributed by atoms with Crippen LogP contribution < -0.4 is 4.74 Å². The molecule has 5 nitrogen and oxygen atoms in total. The van der Waals surface area contributed by atoms with E-state index in [4.69, 9.17) is 9.84 Å². The molecule has 1 heterocycles. The summed E-state index contributed by atoms with van der Waals surface area (Å²) >= 11 is 1.67. The molecule has 0 saturated carbocycles. The van der Waals surface area contributed by atoms with Crippen molar-refractivity contribution in [3.05, 3.63) is 24.3 Å². The molecular formula is C16H21NO4S. The van der Waals surface area contributed by atoms with Crippen molar-refractivity contribution in [3.63, 3.8) is 0 Å². The first kappa shape index (κ1) is 16.7. The first-order valence-corrected chi connectivity index (χ1v) is 8.39. The summed E-state index contributed by atoms with van der Waals surface area (Å²) in [6.45, 7) is 0.568. The van der Waals surface area contributed by atoms with Crippen molar-refractivity contribution in [1.29, 1.82) is 0 Å². The van der Waals surface area contributed by atoms with E-state index in [1.54, 1.807) is 18.9 Å². The highest BCUT2D eigenvalue weighted by atomic mass is 32.2. The molecule has 0 aliphatic carbocycles. The van der Waals surface area contributed by atoms with Crippen LogP contribution in [0.3, 0.4) is 0 Å². The third-order valence-corrected chi connectivity index (χ3v) is 4.78. The second kappa shape index (κ2) is 8.08. The van der Waals surface area contributed by atoms with Gasteiger partial charge in [0.15, 0.2) is 0 Å². The molecule has 1 aliphatic rings. The second-order valence-corrected chi connectivity index (χ2v) is 6.38. The Morgan fingerprint density at radius 1 is 1.45 bits per heavy atom. The predicted molar refractivity (Wildman–Crippen MR) is 85.3 cm³/mol. The molecule has 1 aromatic carbocycles. The average molecular weight is 323 g/mol. The highest BCUT2D eigenvalue weighted by Crippen LogP contribution is 2.24. The summed E-state index contributed by atoms with van der Waals surface area (Å²) in [6, 6.07) is 7.18. The fraction of sp³-hybridized carbons (Fsp3) is 0.500. The maximum atomic E-state index is 12.1. The Bertz CT molecular complexity index is 535. The SMILES string of the molecule is COc1cccc(SCCCC(=O)N2CCCC2C(=O)O)c1. The van der Waals surface area contributed by atoms with Crippen molar-refractivity contribution in [3.8, 4) is 5.75 Å². The van der Waals surface area contributed by atoms with Gasteiger partial charge in [-0.1, -0.05) is 6.07 Å². The van der Waals surface area contributed by atoms with Crippen LogP contribution in [-0.4, -0.2) is 47.3 Å². The van der Waals surface area contributed by atoms with Crippen molar-refractivity contribution >= 4 is 23.6 Å². The molecular weight excluding hydrogens is 302 g/mol. The van der Waals surface area contributed by atoms with Gasteiger partial charge in [0.05, 0.1) is 7.11 Å². The number of ether oxygens (including phenoxy) is 1. The van der Waals surface area contributed by atoms with E-state index in [0.717, 1.165) is 29.2 Å². The van der Waals surface area contributed by atoms with E-state index in [9.17, 15) is 9.59 Å². The average Bonchev–Trinajstić information content (AvgIpc) is 3.01. The van der Waals surface area contributed by atoms with Crippen LogP contribution in [0, 0.1) is 0 Å². The zero-order valence-corrected chi connectivity index (χ0v) is 13.5. The first-order chi connectivity index (χ1) is 10.6. The number of likely N-dealkylation sites (tertiary alicyclic amines) is 1. The van der Waals surface area contributed by atoms with Crippen LogP contribution in [0.1, 0.15) is 25.7 Å². The lowest BCUT2D eigenvalue weighted by atomic mass is 10.2. The summed E-state index contributed by atoms with van der Waals surface area (Å²) in [7, 11) is 1.64. The number of carbonyl (C=O) groups is 2. The molecule has 1 unspecified atom stereocenters. The highest BCUT2D eigenvalue weighted by Gasteiger charge is 2.33. The standard InChI is InChI=1S/C16H21NO4S/c1-21-12-5-2-6-13(11-12)22-10-4-8-15(18)17-9-3-7-14(17)16(19)20/h2,5-6,11,14H,3-4,7-10H2,1H3,(H,19,20). The quantitative estimate of drug-likeness (QED) is 0.617. The molecule has 0 radical (unpaired) electrons. The zero-order chi connectivity index (χ0) is 15.9. The Labute approximate surface area is 134 Å². The molecule has 1 saturated heterocycles. The normalized spacial score (nSPS) is 17.5. The molecule has 0 bridgehead atoms. The molecule has 1 amide bonds. The third kappa shape index (κ3) is 4.40. The number of carbonyl (C=O) groups excluding carboxylic acids is 1. The number of nitrogens with zero attached hydrogens (tertiary/aromatic N) is 1. The molecule has 2 rings (SSSR count). The number of thioether (sulfide) groups is 1. The van der Waals surface area contributed by atoms with Crippen LogP contribution in [-0.2, 0) is 9.59 Å². The smallest absolute Gasteiger partial charge is 0.326 e. The van der Waals surface area contributed by atoms with Gasteiger partial charge in [-0.2, -0.15) is 0 Å². The number of methoxy groups -OCH3 is 1. The number of carboxylic acid groups (broad SMARTS) is 1. The molecule has 6 heteroatoms. The summed E-state index contributed by atoms with van der Waals surface area (Å²) in [4.78, 5) is 25.8. The Morgan fingerprint density at radius 3 is 3.00 bits per heavy atom. The van der Waals surface area contributed by atoms with Gasteiger partial charge in [0.2, 0.25) is 5.91 Å². The number of amides is 1. The first-order valence-electron chi connectivity index (χ1n) is 7.41. The highest BCUT2D eigenvalue weighted by molar-refractivity contribution is 7.99. The predicted octanol–water partition coefficient (Wildman–Crippen LogP) is 2.64. The van der Waals surface area contributed by atoms with E-state index < -0.39 is 12.0 Å². The monoisotopic (exact) mass is 323 g/mol. The fourth-order valence-corrected chi connectivity index (χ4v) is 3.47. The van der Waals surface area contributed by atoms with Gasteiger partial charge in [-0.25, -0.2) is 4.79 Å². The number of benzene rings is 1. The molecule has 0 spiro atoms. The van der Waals surface area contributed by atoms with E-state index in [1.807, 2.05) is 24.3 Å². The van der Waals surface area contributed by atoms with E-state index in [-0.39, 0.29) is 5.91 Å². The fourth-order valence-electron chi connectivity index (χ4n) is 2.57. The molecule has 0 aromatic heterocycles. The topological polar surface area (TPSA) is 66.8 Å². The lowest BCUT2D eigenvalue weighted by Gasteiger charge is -2.21. The van der Waals surface area contributed by atoms with E-state index >= 15 is 0 Å². The maximum Gasteiger partial charge on any atom is 0.326 e. The van der Waals surface area contributed by atoms with Crippen LogP contribution in [0.5, 0.6) is 5.75 Å². The molecule has 1 aliphatic heterocycles. The minimum Gasteiger partial charge on any atom is -0.497 e. The van der Waals surface area contributed by atoms with Crippen LogP contribution in [0.15, 0.2) is 29.2 Å². The van der Waals surface area contributed by atoms with Gasteiger partial charge in [-0.05, 0) is 43.2 Å². The van der Waals surface area contributed by atoms with Crippen molar-refractivity contribution < 1.29 is 19.4 Å². The number of rotatable bonds is 7. The van der Waals surface area contributed by atoms with Gasteiger partial charge in [0, 0.05) is 17.9 Å². The van der Waals surface area contributed by atoms with Crippen LogP contribution >= 0.6 is 11.8 Å².